The summed E-state index contributed by atoms with van der Waals surface area (Å²) in [6.07, 6.45) is 0. The van der Waals surface area contributed by atoms with Crippen molar-refractivity contribution >= 4 is 32.6 Å². The zero-order valence-corrected chi connectivity index (χ0v) is 17.9. The van der Waals surface area contributed by atoms with Gasteiger partial charge in [0.05, 0.1) is 41.1 Å². The molecule has 0 spiro atoms. The molecule has 0 radical (unpaired) electrons. The minimum Gasteiger partial charge on any atom is -0.378 e. The van der Waals surface area contributed by atoms with Gasteiger partial charge in [0.2, 0.25) is 0 Å². The molecule has 3 heterocycles. The molecule has 0 N–H and O–H groups in total. The predicted octanol–water partition coefficient (Wildman–Crippen LogP) is 3.40. The molecule has 5 rings (SSSR count). The van der Waals surface area contributed by atoms with Gasteiger partial charge < -0.3 is 9.64 Å². The van der Waals surface area contributed by atoms with Gasteiger partial charge in [0.1, 0.15) is 0 Å². The Morgan fingerprint density at radius 2 is 1.86 bits per heavy atom. The smallest absolute Gasteiger partial charge is 0.274 e. The predicted molar refractivity (Wildman–Crippen MR) is 114 cm³/mol. The van der Waals surface area contributed by atoms with Gasteiger partial charge in [-0.1, -0.05) is 34.1 Å². The van der Waals surface area contributed by atoms with Crippen LogP contribution in [-0.4, -0.2) is 51.1 Å². The maximum atomic E-state index is 13.3. The molecular formula is C21H18BrN3O3S. The number of ether oxygens (including phenoxy) is 1. The molecule has 1 fully saturated rings. The summed E-state index contributed by atoms with van der Waals surface area (Å²) in [4.78, 5) is 15.8. The first-order valence-corrected chi connectivity index (χ1v) is 11.5. The first kappa shape index (κ1) is 18.7. The molecule has 8 heteroatoms. The van der Waals surface area contributed by atoms with Gasteiger partial charge in [-0.2, -0.15) is 5.10 Å². The summed E-state index contributed by atoms with van der Waals surface area (Å²) in [6, 6.07) is 15.5. The number of carbonyl (C=O) groups is 1. The lowest BCUT2D eigenvalue weighted by Crippen LogP contribution is -2.41. The van der Waals surface area contributed by atoms with Crippen LogP contribution < -0.4 is 0 Å². The highest BCUT2D eigenvalue weighted by atomic mass is 79.9. The van der Waals surface area contributed by atoms with E-state index in [-0.39, 0.29) is 11.7 Å². The largest absolute Gasteiger partial charge is 0.378 e. The fourth-order valence-corrected chi connectivity index (χ4v) is 5.48. The molecular weight excluding hydrogens is 454 g/mol. The molecule has 2 aromatic carbocycles. The molecule has 1 amide bonds. The van der Waals surface area contributed by atoms with E-state index in [1.54, 1.807) is 4.90 Å². The Hall–Kier alpha value is -2.29. The molecule has 0 aliphatic carbocycles. The van der Waals surface area contributed by atoms with Crippen LogP contribution in [0.2, 0.25) is 0 Å². The Balaban J connectivity index is 1.73. The quantitative estimate of drug-likeness (QED) is 0.574. The number of benzene rings is 2. The maximum absolute atomic E-state index is 13.3. The van der Waals surface area contributed by atoms with Crippen LogP contribution >= 0.6 is 15.9 Å². The van der Waals surface area contributed by atoms with Gasteiger partial charge in [0.25, 0.3) is 5.91 Å². The Morgan fingerprint density at radius 1 is 1.10 bits per heavy atom. The average Bonchev–Trinajstić information content (AvgIpc) is 3.14. The Morgan fingerprint density at radius 3 is 2.62 bits per heavy atom. The molecule has 2 aliphatic heterocycles. The molecule has 3 aromatic rings. The molecule has 0 saturated carbocycles. The van der Waals surface area contributed by atoms with Crippen molar-refractivity contribution in [3.8, 4) is 16.9 Å². The van der Waals surface area contributed by atoms with E-state index in [4.69, 9.17) is 9.84 Å². The number of fused-ring (bicyclic) bond motifs is 3. The van der Waals surface area contributed by atoms with Crippen molar-refractivity contribution in [1.82, 2.24) is 14.7 Å². The van der Waals surface area contributed by atoms with E-state index in [9.17, 15) is 9.00 Å². The summed E-state index contributed by atoms with van der Waals surface area (Å²) in [5.41, 5.74) is 3.67. The second-order valence-electron chi connectivity index (χ2n) is 6.96. The van der Waals surface area contributed by atoms with E-state index in [1.807, 2.05) is 53.2 Å². The van der Waals surface area contributed by atoms with Gasteiger partial charge in [-0.15, -0.1) is 0 Å². The lowest BCUT2D eigenvalue weighted by atomic mass is 10.0. The average molecular weight is 472 g/mol. The van der Waals surface area contributed by atoms with E-state index in [0.29, 0.717) is 32.0 Å². The molecule has 148 valence electrons. The normalized spacial score (nSPS) is 18.2. The second-order valence-corrected chi connectivity index (χ2v) is 9.29. The third kappa shape index (κ3) is 3.25. The fourth-order valence-electron chi connectivity index (χ4n) is 3.80. The van der Waals surface area contributed by atoms with Crippen molar-refractivity contribution in [2.45, 2.75) is 10.6 Å². The van der Waals surface area contributed by atoms with E-state index in [1.165, 1.54) is 0 Å². The number of rotatable bonds is 2. The van der Waals surface area contributed by atoms with Crippen LogP contribution in [0.5, 0.6) is 0 Å². The Kier molecular flexibility index (Phi) is 4.85. The number of carbonyl (C=O) groups excluding carboxylic acids is 1. The van der Waals surface area contributed by atoms with Crippen molar-refractivity contribution in [2.24, 2.45) is 0 Å². The number of hydrogen-bond acceptors (Lipinski definition) is 4. The van der Waals surface area contributed by atoms with Crippen molar-refractivity contribution in [1.29, 1.82) is 0 Å². The molecule has 1 saturated heterocycles. The standard InChI is InChI=1S/C21H18BrN3O3S/c22-14-6-7-18-16(12-14)20-17(13-29(18)27)19(21(26)24-8-10-28-11-9-24)23-25(20)15-4-2-1-3-5-15/h1-7,12H,8-11,13H2. The van der Waals surface area contributed by atoms with Gasteiger partial charge in [-0.25, -0.2) is 4.68 Å². The summed E-state index contributed by atoms with van der Waals surface area (Å²) < 4.78 is 21.0. The van der Waals surface area contributed by atoms with E-state index in [0.717, 1.165) is 31.9 Å². The van der Waals surface area contributed by atoms with Crippen molar-refractivity contribution < 1.29 is 13.7 Å². The first-order chi connectivity index (χ1) is 14.1. The SMILES string of the molecule is O=C(c1nn(-c2ccccc2)c2c1CS(=O)c1ccc(Br)cc1-2)N1CCOCC1. The van der Waals surface area contributed by atoms with Crippen LogP contribution in [0.25, 0.3) is 16.9 Å². The lowest BCUT2D eigenvalue weighted by Gasteiger charge is -2.26. The molecule has 1 unspecified atom stereocenters. The monoisotopic (exact) mass is 471 g/mol. The van der Waals surface area contributed by atoms with Crippen molar-refractivity contribution in [2.75, 3.05) is 26.3 Å². The van der Waals surface area contributed by atoms with Crippen LogP contribution in [0.4, 0.5) is 0 Å². The zero-order valence-electron chi connectivity index (χ0n) is 15.5. The number of morpholine rings is 1. The van der Waals surface area contributed by atoms with E-state index >= 15 is 0 Å². The molecule has 1 atom stereocenters. The van der Waals surface area contributed by atoms with Gasteiger partial charge in [0.15, 0.2) is 5.69 Å². The number of amides is 1. The minimum atomic E-state index is -1.23. The molecule has 2 aliphatic rings. The van der Waals surface area contributed by atoms with Crippen LogP contribution in [0.1, 0.15) is 16.1 Å². The minimum absolute atomic E-state index is 0.130. The van der Waals surface area contributed by atoms with Crippen LogP contribution in [0, 0.1) is 0 Å². The summed E-state index contributed by atoms with van der Waals surface area (Å²) in [7, 11) is -1.23. The number of para-hydroxylation sites is 1. The number of aromatic nitrogens is 2. The van der Waals surface area contributed by atoms with Crippen LogP contribution in [0.15, 0.2) is 57.9 Å². The van der Waals surface area contributed by atoms with Crippen LogP contribution in [-0.2, 0) is 21.3 Å². The molecule has 6 nitrogen and oxygen atoms in total. The van der Waals surface area contributed by atoms with Gasteiger partial charge >= 0.3 is 0 Å². The number of nitrogens with zero attached hydrogens (tertiary/aromatic N) is 3. The third-order valence-electron chi connectivity index (χ3n) is 5.20. The zero-order chi connectivity index (χ0) is 20.0. The van der Waals surface area contributed by atoms with Gasteiger partial charge in [0, 0.05) is 33.6 Å². The van der Waals surface area contributed by atoms with E-state index < -0.39 is 10.8 Å². The first-order valence-electron chi connectivity index (χ1n) is 9.36. The van der Waals surface area contributed by atoms with E-state index in [2.05, 4.69) is 15.9 Å². The highest BCUT2D eigenvalue weighted by Gasteiger charge is 2.34. The highest BCUT2D eigenvalue weighted by molar-refractivity contribution is 9.10. The highest BCUT2D eigenvalue weighted by Crippen LogP contribution is 2.40. The summed E-state index contributed by atoms with van der Waals surface area (Å²) in [5, 5.41) is 4.74. The lowest BCUT2D eigenvalue weighted by molar-refractivity contribution is 0.0298. The Labute approximate surface area is 179 Å². The maximum Gasteiger partial charge on any atom is 0.274 e. The number of halogens is 1. The van der Waals surface area contributed by atoms with Gasteiger partial charge in [-0.05, 0) is 30.3 Å². The fraction of sp³-hybridized carbons (Fsp3) is 0.238. The Bertz CT molecular complexity index is 1120. The van der Waals surface area contributed by atoms with Crippen molar-refractivity contribution in [3.05, 3.63) is 64.3 Å². The molecule has 0 bridgehead atoms. The summed E-state index contributed by atoms with van der Waals surface area (Å²) in [6.45, 7) is 2.12. The molecule has 29 heavy (non-hydrogen) atoms. The third-order valence-corrected chi connectivity index (χ3v) is 7.09. The summed E-state index contributed by atoms with van der Waals surface area (Å²) in [5.74, 6) is 0.150. The topological polar surface area (TPSA) is 64.4 Å². The summed E-state index contributed by atoms with van der Waals surface area (Å²) >= 11 is 3.52. The van der Waals surface area contributed by atoms with Gasteiger partial charge in [-0.3, -0.25) is 9.00 Å². The molecule has 1 aromatic heterocycles. The second kappa shape index (κ2) is 7.51. The number of hydrogen-bond donors (Lipinski definition) is 0. The van der Waals surface area contributed by atoms with Crippen molar-refractivity contribution in [3.63, 3.8) is 0 Å². The van der Waals surface area contributed by atoms with Crippen LogP contribution in [0.3, 0.4) is 0 Å².